The smallest absolute Gasteiger partial charge is 0.215 e. The second-order valence-corrected chi connectivity index (χ2v) is 6.61. The number of rotatable bonds is 7. The van der Waals surface area contributed by atoms with Crippen molar-refractivity contribution in [3.63, 3.8) is 0 Å². The molecule has 5 heteroatoms. The van der Waals surface area contributed by atoms with Gasteiger partial charge in [0, 0.05) is 20.1 Å². The van der Waals surface area contributed by atoms with E-state index < -0.39 is 10.0 Å². The summed E-state index contributed by atoms with van der Waals surface area (Å²) >= 11 is 0. The van der Waals surface area contributed by atoms with Crippen LogP contribution in [0.5, 0.6) is 0 Å². The van der Waals surface area contributed by atoms with Crippen LogP contribution in [0.1, 0.15) is 18.1 Å². The quantitative estimate of drug-likeness (QED) is 0.761. The maximum atomic E-state index is 12.0. The molecule has 4 nitrogen and oxygen atoms in total. The summed E-state index contributed by atoms with van der Waals surface area (Å²) in [6.45, 7) is 5.68. The highest BCUT2D eigenvalue weighted by molar-refractivity contribution is 7.89. The number of hydrogen-bond acceptors (Lipinski definition) is 3. The van der Waals surface area contributed by atoms with Crippen LogP contribution in [0.15, 0.2) is 24.3 Å². The second kappa shape index (κ2) is 6.87. The molecule has 0 bridgehead atoms. The van der Waals surface area contributed by atoms with Crippen LogP contribution in [0, 0.1) is 6.92 Å². The number of nitrogens with one attached hydrogen (secondary N) is 1. The SMILES string of the molecule is CCNCCS(=O)(=O)N(C)Cc1cccc(C)c1. The van der Waals surface area contributed by atoms with E-state index in [4.69, 9.17) is 0 Å². The van der Waals surface area contributed by atoms with Crippen LogP contribution in [0.2, 0.25) is 0 Å². The number of aryl methyl sites for hydroxylation is 1. The molecule has 1 N–H and O–H groups in total. The summed E-state index contributed by atoms with van der Waals surface area (Å²) in [5.74, 6) is 0.142. The van der Waals surface area contributed by atoms with Crippen molar-refractivity contribution in [3.05, 3.63) is 35.4 Å². The monoisotopic (exact) mass is 270 g/mol. The minimum Gasteiger partial charge on any atom is -0.316 e. The summed E-state index contributed by atoms with van der Waals surface area (Å²) in [5, 5.41) is 3.03. The van der Waals surface area contributed by atoms with Gasteiger partial charge in [0.25, 0.3) is 0 Å². The summed E-state index contributed by atoms with van der Waals surface area (Å²) in [4.78, 5) is 0. The van der Waals surface area contributed by atoms with Crippen LogP contribution in [0.4, 0.5) is 0 Å². The number of hydrogen-bond donors (Lipinski definition) is 1. The summed E-state index contributed by atoms with van der Waals surface area (Å²) < 4.78 is 25.4. The van der Waals surface area contributed by atoms with Gasteiger partial charge in [0.1, 0.15) is 0 Å². The lowest BCUT2D eigenvalue weighted by molar-refractivity contribution is 0.465. The topological polar surface area (TPSA) is 49.4 Å². The first-order valence-electron chi connectivity index (χ1n) is 6.16. The maximum Gasteiger partial charge on any atom is 0.215 e. The molecule has 0 amide bonds. The average Bonchev–Trinajstić information content (AvgIpc) is 2.29. The van der Waals surface area contributed by atoms with Crippen LogP contribution < -0.4 is 5.32 Å². The van der Waals surface area contributed by atoms with Gasteiger partial charge in [0.05, 0.1) is 5.75 Å². The predicted molar refractivity (Wildman–Crippen MR) is 75.0 cm³/mol. The summed E-state index contributed by atoms with van der Waals surface area (Å²) in [7, 11) is -1.54. The third-order valence-corrected chi connectivity index (χ3v) is 4.55. The molecule has 0 aromatic heterocycles. The van der Waals surface area contributed by atoms with E-state index in [2.05, 4.69) is 5.32 Å². The first kappa shape index (κ1) is 15.1. The molecular weight excluding hydrogens is 248 g/mol. The van der Waals surface area contributed by atoms with Crippen molar-refractivity contribution in [2.45, 2.75) is 20.4 Å². The number of benzene rings is 1. The molecule has 0 atom stereocenters. The Hall–Kier alpha value is -0.910. The molecule has 0 heterocycles. The fraction of sp³-hybridized carbons (Fsp3) is 0.538. The predicted octanol–water partition coefficient (Wildman–Crippen LogP) is 1.37. The number of sulfonamides is 1. The lowest BCUT2D eigenvalue weighted by atomic mass is 10.1. The molecule has 0 aliphatic rings. The minimum atomic E-state index is -3.17. The molecule has 0 saturated carbocycles. The average molecular weight is 270 g/mol. The highest BCUT2D eigenvalue weighted by Gasteiger charge is 2.17. The highest BCUT2D eigenvalue weighted by atomic mass is 32.2. The zero-order chi connectivity index (χ0) is 13.6. The Bertz CT molecular complexity index is 472. The molecule has 0 fully saturated rings. The molecule has 0 radical (unpaired) electrons. The van der Waals surface area contributed by atoms with Crippen LogP contribution in [0.3, 0.4) is 0 Å². The third kappa shape index (κ3) is 4.76. The molecule has 1 rings (SSSR count). The summed E-state index contributed by atoms with van der Waals surface area (Å²) in [6.07, 6.45) is 0. The Kier molecular flexibility index (Phi) is 5.78. The highest BCUT2D eigenvalue weighted by Crippen LogP contribution is 2.09. The van der Waals surface area contributed by atoms with Crippen molar-refractivity contribution >= 4 is 10.0 Å². The Balaban J connectivity index is 2.61. The zero-order valence-electron chi connectivity index (χ0n) is 11.3. The van der Waals surface area contributed by atoms with Gasteiger partial charge >= 0.3 is 0 Å². The molecule has 1 aromatic carbocycles. The summed E-state index contributed by atoms with van der Waals surface area (Å²) in [5.41, 5.74) is 2.16. The Morgan fingerprint density at radius 1 is 1.33 bits per heavy atom. The Morgan fingerprint density at radius 2 is 2.06 bits per heavy atom. The van der Waals surface area contributed by atoms with E-state index in [1.165, 1.54) is 4.31 Å². The van der Waals surface area contributed by atoms with E-state index in [-0.39, 0.29) is 5.75 Å². The van der Waals surface area contributed by atoms with Gasteiger partial charge < -0.3 is 5.32 Å². The van der Waals surface area contributed by atoms with E-state index in [1.54, 1.807) is 7.05 Å². The first-order chi connectivity index (χ1) is 8.45. The van der Waals surface area contributed by atoms with Gasteiger partial charge in [-0.25, -0.2) is 12.7 Å². The van der Waals surface area contributed by atoms with Crippen molar-refractivity contribution in [2.75, 3.05) is 25.9 Å². The summed E-state index contributed by atoms with van der Waals surface area (Å²) in [6, 6.07) is 7.91. The first-order valence-corrected chi connectivity index (χ1v) is 7.77. The lowest BCUT2D eigenvalue weighted by Crippen LogP contribution is -2.33. The van der Waals surface area contributed by atoms with Gasteiger partial charge in [-0.2, -0.15) is 0 Å². The van der Waals surface area contributed by atoms with E-state index in [0.717, 1.165) is 17.7 Å². The molecule has 1 aromatic rings. The molecule has 0 saturated heterocycles. The fourth-order valence-electron chi connectivity index (χ4n) is 1.70. The van der Waals surface area contributed by atoms with Crippen molar-refractivity contribution in [1.29, 1.82) is 0 Å². The third-order valence-electron chi connectivity index (χ3n) is 2.75. The molecule has 0 unspecified atom stereocenters. The molecule has 0 spiro atoms. The molecule has 102 valence electrons. The standard InChI is InChI=1S/C13H22N2O2S/c1-4-14-8-9-18(16,17)15(3)11-13-7-5-6-12(2)10-13/h5-7,10,14H,4,8-9,11H2,1-3H3. The van der Waals surface area contributed by atoms with Gasteiger partial charge in [0.2, 0.25) is 10.0 Å². The lowest BCUT2D eigenvalue weighted by Gasteiger charge is -2.17. The van der Waals surface area contributed by atoms with Crippen molar-refractivity contribution < 1.29 is 8.42 Å². The minimum absolute atomic E-state index is 0.142. The molecule has 0 aliphatic carbocycles. The van der Waals surface area contributed by atoms with Crippen LogP contribution in [0.25, 0.3) is 0 Å². The van der Waals surface area contributed by atoms with Gasteiger partial charge in [-0.05, 0) is 19.0 Å². The van der Waals surface area contributed by atoms with Gasteiger partial charge in [0.15, 0.2) is 0 Å². The van der Waals surface area contributed by atoms with E-state index in [1.807, 2.05) is 38.1 Å². The van der Waals surface area contributed by atoms with Crippen molar-refractivity contribution in [1.82, 2.24) is 9.62 Å². The normalized spacial score (nSPS) is 12.0. The molecule has 18 heavy (non-hydrogen) atoms. The van der Waals surface area contributed by atoms with Crippen molar-refractivity contribution in [2.24, 2.45) is 0 Å². The van der Waals surface area contributed by atoms with Crippen molar-refractivity contribution in [3.8, 4) is 0 Å². The van der Waals surface area contributed by atoms with Crippen LogP contribution >= 0.6 is 0 Å². The van der Waals surface area contributed by atoms with E-state index in [9.17, 15) is 8.42 Å². The zero-order valence-corrected chi connectivity index (χ0v) is 12.1. The van der Waals surface area contributed by atoms with E-state index in [0.29, 0.717) is 13.1 Å². The molecule has 0 aliphatic heterocycles. The maximum absolute atomic E-state index is 12.0. The van der Waals surface area contributed by atoms with E-state index >= 15 is 0 Å². The fourth-order valence-corrected chi connectivity index (χ4v) is 2.76. The van der Waals surface area contributed by atoms with Gasteiger partial charge in [-0.3, -0.25) is 0 Å². The largest absolute Gasteiger partial charge is 0.316 e. The van der Waals surface area contributed by atoms with Crippen LogP contribution in [-0.4, -0.2) is 38.6 Å². The number of nitrogens with zero attached hydrogens (tertiary/aromatic N) is 1. The molecular formula is C13H22N2O2S. The van der Waals surface area contributed by atoms with Crippen LogP contribution in [-0.2, 0) is 16.6 Å². The Labute approximate surface area is 110 Å². The Morgan fingerprint density at radius 3 is 2.67 bits per heavy atom. The van der Waals surface area contributed by atoms with Gasteiger partial charge in [-0.15, -0.1) is 0 Å². The van der Waals surface area contributed by atoms with Gasteiger partial charge in [-0.1, -0.05) is 36.8 Å². The second-order valence-electron chi connectivity index (χ2n) is 4.41.